The molecule has 7 heteroatoms. The van der Waals surface area contributed by atoms with Crippen LogP contribution in [0.25, 0.3) is 0 Å². The summed E-state index contributed by atoms with van der Waals surface area (Å²) in [5.74, 6) is -3.77. The van der Waals surface area contributed by atoms with Gasteiger partial charge in [-0.15, -0.1) is 0 Å². The first-order chi connectivity index (χ1) is 8.32. The van der Waals surface area contributed by atoms with Crippen LogP contribution in [-0.2, 0) is 16.0 Å². The summed E-state index contributed by atoms with van der Waals surface area (Å²) in [5.41, 5.74) is -0.265. The third kappa shape index (κ3) is 3.25. The third-order valence-electron chi connectivity index (χ3n) is 2.29. The van der Waals surface area contributed by atoms with Crippen LogP contribution < -0.4 is 0 Å². The Bertz CT molecular complexity index is 473. The second-order valence-electron chi connectivity index (χ2n) is 3.65. The maximum absolute atomic E-state index is 13.4. The maximum atomic E-state index is 13.4. The van der Waals surface area contributed by atoms with E-state index in [1.165, 1.54) is 6.07 Å². The van der Waals surface area contributed by atoms with E-state index in [1.54, 1.807) is 0 Å². The van der Waals surface area contributed by atoms with Crippen LogP contribution in [0, 0.1) is 5.82 Å². The number of carboxylic acid groups (broad SMARTS) is 2. The molecule has 1 aromatic rings. The van der Waals surface area contributed by atoms with Crippen LogP contribution in [0.5, 0.6) is 0 Å². The van der Waals surface area contributed by atoms with E-state index < -0.39 is 41.9 Å². The predicted octanol–water partition coefficient (Wildman–Crippen LogP) is -0.0683. The van der Waals surface area contributed by atoms with Crippen molar-refractivity contribution in [2.45, 2.75) is 18.6 Å². The maximum Gasteiger partial charge on any atom is 0.335 e. The van der Waals surface area contributed by atoms with Gasteiger partial charge in [-0.25, -0.2) is 9.18 Å². The molecule has 0 heterocycles. The minimum absolute atomic E-state index is 0.190. The normalized spacial score (nSPS) is 13.9. The minimum atomic E-state index is -2.18. The smallest absolute Gasteiger partial charge is 0.335 e. The fourth-order valence-corrected chi connectivity index (χ4v) is 1.41. The van der Waals surface area contributed by atoms with Gasteiger partial charge in [-0.3, -0.25) is 4.79 Å². The van der Waals surface area contributed by atoms with Gasteiger partial charge in [-0.1, -0.05) is 6.07 Å². The average Bonchev–Trinajstić information content (AvgIpc) is 2.29. The van der Waals surface area contributed by atoms with Gasteiger partial charge in [-0.05, 0) is 17.7 Å². The molecule has 0 aliphatic carbocycles. The SMILES string of the molecule is O=C(O)Cc1ccc(F)c(C(O)C(O)C(=O)O)c1. The standard InChI is InChI=1S/C11H11FO6/c12-7-2-1-5(4-8(13)14)3-6(7)9(15)10(16)11(17)18/h1-3,9-10,15-16H,4H2,(H,13,14)(H,17,18). The lowest BCUT2D eigenvalue weighted by Crippen LogP contribution is -2.28. The molecule has 0 aliphatic heterocycles. The quantitative estimate of drug-likeness (QED) is 0.587. The Balaban J connectivity index is 3.07. The number of benzene rings is 1. The minimum Gasteiger partial charge on any atom is -0.481 e. The summed E-state index contributed by atoms with van der Waals surface area (Å²) >= 11 is 0. The molecule has 0 saturated carbocycles. The van der Waals surface area contributed by atoms with E-state index in [0.717, 1.165) is 12.1 Å². The molecule has 4 N–H and O–H groups in total. The molecular weight excluding hydrogens is 247 g/mol. The fraction of sp³-hybridized carbons (Fsp3) is 0.273. The summed E-state index contributed by atoms with van der Waals surface area (Å²) in [6.45, 7) is 0. The Hall–Kier alpha value is -1.99. The van der Waals surface area contributed by atoms with Crippen molar-refractivity contribution in [1.29, 1.82) is 0 Å². The second kappa shape index (κ2) is 5.56. The van der Waals surface area contributed by atoms with E-state index in [2.05, 4.69) is 0 Å². The molecule has 0 spiro atoms. The highest BCUT2D eigenvalue weighted by molar-refractivity contribution is 5.73. The van der Waals surface area contributed by atoms with Crippen LogP contribution in [0.3, 0.4) is 0 Å². The van der Waals surface area contributed by atoms with Gasteiger partial charge in [0.05, 0.1) is 6.42 Å². The number of aliphatic hydroxyl groups is 2. The molecule has 1 rings (SSSR count). The first kappa shape index (κ1) is 14.1. The second-order valence-corrected chi connectivity index (χ2v) is 3.65. The molecule has 18 heavy (non-hydrogen) atoms. The molecule has 2 unspecified atom stereocenters. The molecule has 0 bridgehead atoms. The largest absolute Gasteiger partial charge is 0.481 e. The zero-order valence-corrected chi connectivity index (χ0v) is 9.08. The molecule has 0 aromatic heterocycles. The molecule has 1 aromatic carbocycles. The summed E-state index contributed by atoms with van der Waals surface area (Å²) in [5, 5.41) is 35.6. The molecular formula is C11H11FO6. The number of carboxylic acids is 2. The molecule has 6 nitrogen and oxygen atoms in total. The van der Waals surface area contributed by atoms with E-state index >= 15 is 0 Å². The van der Waals surface area contributed by atoms with Crippen LogP contribution >= 0.6 is 0 Å². The zero-order chi connectivity index (χ0) is 13.9. The summed E-state index contributed by atoms with van der Waals surface area (Å²) in [4.78, 5) is 20.9. The van der Waals surface area contributed by atoms with Crippen molar-refractivity contribution in [3.05, 3.63) is 35.1 Å². The topological polar surface area (TPSA) is 115 Å². The summed E-state index contributed by atoms with van der Waals surface area (Å²) in [6.07, 6.45) is -4.54. The molecule has 2 atom stereocenters. The van der Waals surface area contributed by atoms with E-state index in [9.17, 15) is 19.1 Å². The number of hydrogen-bond acceptors (Lipinski definition) is 4. The van der Waals surface area contributed by atoms with Gasteiger partial charge in [0.2, 0.25) is 0 Å². The Morgan fingerprint density at radius 1 is 1.22 bits per heavy atom. The van der Waals surface area contributed by atoms with E-state index in [4.69, 9.17) is 15.3 Å². The first-order valence-corrected chi connectivity index (χ1v) is 4.92. The number of halogens is 1. The monoisotopic (exact) mass is 258 g/mol. The van der Waals surface area contributed by atoms with Gasteiger partial charge in [0.25, 0.3) is 0 Å². The average molecular weight is 258 g/mol. The Morgan fingerprint density at radius 2 is 1.83 bits per heavy atom. The summed E-state index contributed by atoms with van der Waals surface area (Å²) in [6, 6.07) is 3.12. The highest BCUT2D eigenvalue weighted by atomic mass is 19.1. The van der Waals surface area contributed by atoms with Gasteiger partial charge in [0.15, 0.2) is 6.10 Å². The van der Waals surface area contributed by atoms with Gasteiger partial charge in [0.1, 0.15) is 11.9 Å². The lowest BCUT2D eigenvalue weighted by Gasteiger charge is -2.15. The van der Waals surface area contributed by atoms with Crippen molar-refractivity contribution in [2.75, 3.05) is 0 Å². The van der Waals surface area contributed by atoms with Crippen molar-refractivity contribution in [3.63, 3.8) is 0 Å². The van der Waals surface area contributed by atoms with Crippen molar-refractivity contribution in [2.24, 2.45) is 0 Å². The number of rotatable bonds is 5. The first-order valence-electron chi connectivity index (χ1n) is 4.92. The molecule has 0 radical (unpaired) electrons. The molecule has 0 saturated heterocycles. The van der Waals surface area contributed by atoms with Gasteiger partial charge in [-0.2, -0.15) is 0 Å². The molecule has 0 fully saturated rings. The van der Waals surface area contributed by atoms with Crippen LogP contribution in [-0.4, -0.2) is 38.5 Å². The van der Waals surface area contributed by atoms with Gasteiger partial charge >= 0.3 is 11.9 Å². The number of hydrogen-bond donors (Lipinski definition) is 4. The number of aliphatic carboxylic acids is 2. The molecule has 98 valence electrons. The number of carbonyl (C=O) groups is 2. The van der Waals surface area contributed by atoms with E-state index in [0.29, 0.717) is 0 Å². The Morgan fingerprint density at radius 3 is 2.33 bits per heavy atom. The lowest BCUT2D eigenvalue weighted by atomic mass is 10.00. The highest BCUT2D eigenvalue weighted by Gasteiger charge is 2.27. The van der Waals surface area contributed by atoms with Gasteiger partial charge < -0.3 is 20.4 Å². The molecule has 0 amide bonds. The zero-order valence-electron chi connectivity index (χ0n) is 9.08. The third-order valence-corrected chi connectivity index (χ3v) is 2.29. The number of aliphatic hydroxyl groups excluding tert-OH is 2. The molecule has 0 aliphatic rings. The van der Waals surface area contributed by atoms with Gasteiger partial charge in [0, 0.05) is 5.56 Å². The van der Waals surface area contributed by atoms with Crippen molar-refractivity contribution < 1.29 is 34.4 Å². The van der Waals surface area contributed by atoms with Crippen molar-refractivity contribution in [3.8, 4) is 0 Å². The summed E-state index contributed by atoms with van der Waals surface area (Å²) < 4.78 is 13.4. The Labute approximate surface area is 101 Å². The Kier molecular flexibility index (Phi) is 4.35. The lowest BCUT2D eigenvalue weighted by molar-refractivity contribution is -0.153. The van der Waals surface area contributed by atoms with E-state index in [1.807, 2.05) is 0 Å². The van der Waals surface area contributed by atoms with Crippen molar-refractivity contribution >= 4 is 11.9 Å². The summed E-state index contributed by atoms with van der Waals surface area (Å²) in [7, 11) is 0. The van der Waals surface area contributed by atoms with Crippen LogP contribution in [0.4, 0.5) is 4.39 Å². The van der Waals surface area contributed by atoms with Crippen molar-refractivity contribution in [1.82, 2.24) is 0 Å². The highest BCUT2D eigenvalue weighted by Crippen LogP contribution is 2.22. The van der Waals surface area contributed by atoms with Crippen LogP contribution in [0.1, 0.15) is 17.2 Å². The fourth-order valence-electron chi connectivity index (χ4n) is 1.41. The van der Waals surface area contributed by atoms with E-state index in [-0.39, 0.29) is 5.56 Å². The predicted molar refractivity (Wildman–Crippen MR) is 56.3 cm³/mol. The van der Waals surface area contributed by atoms with Crippen LogP contribution in [0.15, 0.2) is 18.2 Å². The van der Waals surface area contributed by atoms with Crippen LogP contribution in [0.2, 0.25) is 0 Å².